The molecule has 60 heavy (non-hydrogen) atoms. The summed E-state index contributed by atoms with van der Waals surface area (Å²) in [5.41, 5.74) is 7.22. The Labute approximate surface area is 356 Å². The number of hydrogen-bond donors (Lipinski definition) is 3. The number of carbonyl (C=O) groups is 2. The van der Waals surface area contributed by atoms with Crippen molar-refractivity contribution in [1.82, 2.24) is 34.6 Å². The van der Waals surface area contributed by atoms with E-state index in [2.05, 4.69) is 63.4 Å². The van der Waals surface area contributed by atoms with Crippen LogP contribution in [-0.4, -0.2) is 83.3 Å². The highest BCUT2D eigenvalue weighted by Crippen LogP contribution is 2.39. The molecule has 4 aromatic carbocycles. The maximum absolute atomic E-state index is 14.5. The van der Waals surface area contributed by atoms with Gasteiger partial charge in [-0.1, -0.05) is 109 Å². The summed E-state index contributed by atoms with van der Waals surface area (Å²) in [7, 11) is 0. The highest BCUT2D eigenvalue weighted by atomic mass is 35.5. The molecule has 9 rings (SSSR count). The van der Waals surface area contributed by atoms with Crippen LogP contribution in [0.4, 0.5) is 0 Å². The lowest BCUT2D eigenvalue weighted by Crippen LogP contribution is -2.49. The number of piperidine rings is 1. The quantitative estimate of drug-likeness (QED) is 0.127. The maximum Gasteiger partial charge on any atom is 0.245 e. The number of carbonyl (C=O) groups excluding carboxylic acids is 2. The molecule has 5 heterocycles. The molecule has 3 N–H and O–H groups in total. The molecular weight excluding hydrogens is 770 g/mol. The third-order valence-corrected chi connectivity index (χ3v) is 13.3. The van der Waals surface area contributed by atoms with E-state index < -0.39 is 11.6 Å². The predicted octanol–water partition coefficient (Wildman–Crippen LogP) is 9.51. The minimum absolute atomic E-state index is 0.0672. The van der Waals surface area contributed by atoms with Gasteiger partial charge in [0.05, 0.1) is 47.4 Å². The largest absolute Gasteiger partial charge is 0.390 e. The Morgan fingerprint density at radius 1 is 0.683 bits per heavy atom. The van der Waals surface area contributed by atoms with Gasteiger partial charge in [0.25, 0.3) is 0 Å². The number of aromatic nitrogens is 4. The SMILES string of the molecule is C[C@@H](C(=O)N1CCC[C@H]1c1ncc(-c2ccc(-c3ccc(-c4cnc([C@@H]5CCCN5C(=O)[C@@H](c5ccccc5)N5CCC(C)(O)CC5)[nH]4)cc3)cc2)[nH]1)c1ccccc1Cl. The smallest absolute Gasteiger partial charge is 0.245 e. The van der Waals surface area contributed by atoms with Gasteiger partial charge >= 0.3 is 0 Å². The Kier molecular flexibility index (Phi) is 11.2. The molecule has 0 bridgehead atoms. The first-order chi connectivity index (χ1) is 29.1. The van der Waals surface area contributed by atoms with Crippen molar-refractivity contribution >= 4 is 23.4 Å². The summed E-state index contributed by atoms with van der Waals surface area (Å²) in [6.45, 7) is 6.54. The van der Waals surface area contributed by atoms with Gasteiger partial charge in [-0.3, -0.25) is 14.5 Å². The molecule has 0 aliphatic carbocycles. The van der Waals surface area contributed by atoms with Gasteiger partial charge < -0.3 is 24.9 Å². The number of benzene rings is 4. The molecule has 4 atom stereocenters. The summed E-state index contributed by atoms with van der Waals surface area (Å²) in [6.07, 6.45) is 8.58. The number of halogens is 1. The number of likely N-dealkylation sites (tertiary alicyclic amines) is 3. The molecule has 3 aliphatic rings. The zero-order valence-corrected chi connectivity index (χ0v) is 35.0. The maximum atomic E-state index is 14.5. The molecule has 6 aromatic rings. The number of nitrogens with zero attached hydrogens (tertiary/aromatic N) is 5. The summed E-state index contributed by atoms with van der Waals surface area (Å²) in [6, 6.07) is 33.9. The summed E-state index contributed by atoms with van der Waals surface area (Å²) >= 11 is 6.45. The van der Waals surface area contributed by atoms with Crippen LogP contribution in [0.3, 0.4) is 0 Å². The van der Waals surface area contributed by atoms with E-state index in [1.165, 1.54) is 0 Å². The Hall–Kier alpha value is -5.55. The lowest BCUT2D eigenvalue weighted by Gasteiger charge is -2.41. The molecule has 3 fully saturated rings. The third kappa shape index (κ3) is 8.04. The second-order valence-electron chi connectivity index (χ2n) is 17.0. The van der Waals surface area contributed by atoms with E-state index in [1.54, 1.807) is 0 Å². The average molecular weight is 822 g/mol. The van der Waals surface area contributed by atoms with Gasteiger partial charge in [-0.25, -0.2) is 9.97 Å². The minimum Gasteiger partial charge on any atom is -0.390 e. The topological polar surface area (TPSA) is 121 Å². The van der Waals surface area contributed by atoms with Crippen LogP contribution in [0.25, 0.3) is 33.6 Å². The van der Waals surface area contributed by atoms with Crippen LogP contribution in [0.5, 0.6) is 0 Å². The molecule has 11 heteroatoms. The van der Waals surface area contributed by atoms with Crippen molar-refractivity contribution in [2.24, 2.45) is 0 Å². The van der Waals surface area contributed by atoms with Crippen LogP contribution >= 0.6 is 11.6 Å². The van der Waals surface area contributed by atoms with E-state index >= 15 is 0 Å². The summed E-state index contributed by atoms with van der Waals surface area (Å²) in [5.74, 6) is 1.44. The van der Waals surface area contributed by atoms with Crippen molar-refractivity contribution < 1.29 is 14.7 Å². The van der Waals surface area contributed by atoms with Crippen LogP contribution in [0.2, 0.25) is 5.02 Å². The van der Waals surface area contributed by atoms with Crippen molar-refractivity contribution in [2.45, 2.75) is 82.0 Å². The normalized spacial score (nSPS) is 20.3. The fourth-order valence-corrected chi connectivity index (χ4v) is 9.69. The molecule has 3 saturated heterocycles. The number of H-pyrrole nitrogens is 2. The van der Waals surface area contributed by atoms with E-state index in [9.17, 15) is 14.7 Å². The highest BCUT2D eigenvalue weighted by Gasteiger charge is 2.41. The fraction of sp³-hybridized carbons (Fsp3) is 0.347. The number of amides is 2. The van der Waals surface area contributed by atoms with E-state index in [4.69, 9.17) is 21.6 Å². The zero-order chi connectivity index (χ0) is 41.4. The molecule has 0 spiro atoms. The Bertz CT molecular complexity index is 2430. The second kappa shape index (κ2) is 16.8. The van der Waals surface area contributed by atoms with Crippen molar-refractivity contribution in [3.05, 3.63) is 143 Å². The Morgan fingerprint density at radius 3 is 1.70 bits per heavy atom. The van der Waals surface area contributed by atoms with Crippen molar-refractivity contribution in [3.8, 4) is 33.6 Å². The average Bonchev–Trinajstić information content (AvgIpc) is 4.12. The Morgan fingerprint density at radius 2 is 1.17 bits per heavy atom. The number of rotatable bonds is 10. The zero-order valence-electron chi connectivity index (χ0n) is 34.2. The molecule has 0 saturated carbocycles. The van der Waals surface area contributed by atoms with Crippen LogP contribution in [0, 0.1) is 0 Å². The number of hydrogen-bond acceptors (Lipinski definition) is 6. The van der Waals surface area contributed by atoms with Gasteiger partial charge in [0.15, 0.2) is 0 Å². The number of aliphatic hydroxyl groups is 1. The molecule has 308 valence electrons. The van der Waals surface area contributed by atoms with Gasteiger partial charge in [0.2, 0.25) is 11.8 Å². The van der Waals surface area contributed by atoms with Gasteiger partial charge in [0.1, 0.15) is 17.7 Å². The summed E-state index contributed by atoms with van der Waals surface area (Å²) < 4.78 is 0. The van der Waals surface area contributed by atoms with E-state index in [1.807, 2.05) is 90.6 Å². The minimum atomic E-state index is -0.696. The number of imidazole rings is 2. The third-order valence-electron chi connectivity index (χ3n) is 13.0. The molecule has 0 radical (unpaired) electrons. The lowest BCUT2D eigenvalue weighted by atomic mass is 9.91. The van der Waals surface area contributed by atoms with E-state index in [0.717, 1.165) is 82.1 Å². The van der Waals surface area contributed by atoms with E-state index in [0.29, 0.717) is 44.0 Å². The van der Waals surface area contributed by atoms with Crippen molar-refractivity contribution in [2.75, 3.05) is 26.2 Å². The lowest BCUT2D eigenvalue weighted by molar-refractivity contribution is -0.140. The Balaban J connectivity index is 0.858. The molecule has 0 unspecified atom stereocenters. The first kappa shape index (κ1) is 39.9. The highest BCUT2D eigenvalue weighted by molar-refractivity contribution is 6.31. The van der Waals surface area contributed by atoms with Crippen LogP contribution in [0.15, 0.2) is 116 Å². The molecule has 3 aliphatic heterocycles. The van der Waals surface area contributed by atoms with Crippen LogP contribution in [-0.2, 0) is 9.59 Å². The van der Waals surface area contributed by atoms with Gasteiger partial charge in [-0.15, -0.1) is 0 Å². The van der Waals surface area contributed by atoms with Crippen LogP contribution < -0.4 is 0 Å². The summed E-state index contributed by atoms with van der Waals surface area (Å²) in [4.78, 5) is 51.0. The standard InChI is InChI=1S/C49H52ClN7O3/c1-32(38-12-6-7-13-39(38)50)47(58)56-26-8-14-42(56)45-51-30-40(53-45)35-20-16-33(17-21-35)34-18-22-36(23-19-34)41-31-52-46(54-41)43-15-9-27-57(43)48(59)44(37-10-4-3-5-11-37)55-28-24-49(2,60)25-29-55/h3-7,10-13,16-23,30-32,42-44,60H,8-9,14-15,24-29H2,1-2H3,(H,51,53)(H,52,54)/t32-,42+,43+,44-/m1/s1. The van der Waals surface area contributed by atoms with Crippen molar-refractivity contribution in [3.63, 3.8) is 0 Å². The van der Waals surface area contributed by atoms with Crippen molar-refractivity contribution in [1.29, 1.82) is 0 Å². The number of aromatic amines is 2. The first-order valence-electron chi connectivity index (χ1n) is 21.3. The van der Waals surface area contributed by atoms with Gasteiger partial charge in [0, 0.05) is 31.2 Å². The predicted molar refractivity (Wildman–Crippen MR) is 235 cm³/mol. The fourth-order valence-electron chi connectivity index (χ4n) is 9.39. The van der Waals surface area contributed by atoms with Gasteiger partial charge in [-0.2, -0.15) is 0 Å². The molecule has 2 aromatic heterocycles. The molecular formula is C49H52ClN7O3. The molecule has 10 nitrogen and oxygen atoms in total. The van der Waals surface area contributed by atoms with Crippen LogP contribution in [0.1, 0.15) is 99.2 Å². The second-order valence-corrected chi connectivity index (χ2v) is 17.4. The summed E-state index contributed by atoms with van der Waals surface area (Å²) in [5, 5.41) is 11.3. The monoisotopic (exact) mass is 821 g/mol. The molecule has 2 amide bonds. The first-order valence-corrected chi connectivity index (χ1v) is 21.7. The number of nitrogens with one attached hydrogen (secondary N) is 2. The van der Waals surface area contributed by atoms with Gasteiger partial charge in [-0.05, 0) is 91.8 Å². The van der Waals surface area contributed by atoms with E-state index in [-0.39, 0.29) is 29.8 Å².